The number of aliphatic hydroxyl groups excluding tert-OH is 5. The second kappa shape index (κ2) is 8.67. The summed E-state index contributed by atoms with van der Waals surface area (Å²) in [5.74, 6) is -0.298. The van der Waals surface area contributed by atoms with E-state index in [9.17, 15) is 20.1 Å². The quantitative estimate of drug-likeness (QED) is 0.184. The fraction of sp³-hybridized carbons (Fsp3) is 0.889. The molecule has 0 saturated carbocycles. The summed E-state index contributed by atoms with van der Waals surface area (Å²) >= 11 is 3.92. The molecule has 0 aliphatic rings. The number of carbonyl (C=O) groups is 1. The minimum atomic E-state index is -1.87. The van der Waals surface area contributed by atoms with Crippen LogP contribution in [0.25, 0.3) is 0 Å². The number of carbonyl (C=O) groups excluding carboxylic acids is 1. The lowest BCUT2D eigenvalue weighted by Gasteiger charge is -2.24. The first-order valence-electron chi connectivity index (χ1n) is 5.17. The maximum Gasteiger partial charge on any atom is 0.251 e. The fourth-order valence-corrected chi connectivity index (χ4v) is 1.23. The van der Waals surface area contributed by atoms with E-state index in [2.05, 4.69) is 17.9 Å². The maximum atomic E-state index is 11.3. The molecule has 17 heavy (non-hydrogen) atoms. The summed E-state index contributed by atoms with van der Waals surface area (Å²) < 4.78 is 0. The predicted molar refractivity (Wildman–Crippen MR) is 62.6 cm³/mol. The van der Waals surface area contributed by atoms with Gasteiger partial charge in [-0.2, -0.15) is 12.6 Å². The largest absolute Gasteiger partial charge is 0.394 e. The fourth-order valence-electron chi connectivity index (χ4n) is 1.07. The van der Waals surface area contributed by atoms with Crippen molar-refractivity contribution in [3.05, 3.63) is 0 Å². The van der Waals surface area contributed by atoms with Crippen molar-refractivity contribution in [3.8, 4) is 0 Å². The summed E-state index contributed by atoms with van der Waals surface area (Å²) in [6.07, 6.45) is -6.56. The van der Waals surface area contributed by atoms with Gasteiger partial charge in [0.05, 0.1) is 6.61 Å². The third-order valence-corrected chi connectivity index (χ3v) is 2.47. The van der Waals surface area contributed by atoms with Crippen LogP contribution in [-0.4, -0.2) is 74.8 Å². The SMILES string of the molecule is O=C(NCCCS)C(O)C(O)C(O)C(O)CO. The maximum absolute atomic E-state index is 11.3. The first-order valence-corrected chi connectivity index (χ1v) is 5.80. The Balaban J connectivity index is 4.18. The van der Waals surface area contributed by atoms with Gasteiger partial charge in [-0.3, -0.25) is 4.79 Å². The lowest BCUT2D eigenvalue weighted by atomic mass is 10.0. The molecule has 102 valence electrons. The molecule has 0 radical (unpaired) electrons. The van der Waals surface area contributed by atoms with E-state index in [1.807, 2.05) is 0 Å². The predicted octanol–water partition coefficient (Wildman–Crippen LogP) is -3.14. The van der Waals surface area contributed by atoms with E-state index < -0.39 is 36.9 Å². The molecule has 0 spiro atoms. The molecule has 7 nitrogen and oxygen atoms in total. The van der Waals surface area contributed by atoms with Crippen molar-refractivity contribution in [1.29, 1.82) is 0 Å². The Morgan fingerprint density at radius 2 is 1.76 bits per heavy atom. The lowest BCUT2D eigenvalue weighted by molar-refractivity contribution is -0.148. The molecule has 1 amide bonds. The molecule has 0 bridgehead atoms. The van der Waals surface area contributed by atoms with Gasteiger partial charge in [0.15, 0.2) is 6.10 Å². The van der Waals surface area contributed by atoms with E-state index in [0.717, 1.165) is 0 Å². The van der Waals surface area contributed by atoms with Crippen LogP contribution in [-0.2, 0) is 4.79 Å². The van der Waals surface area contributed by atoms with E-state index in [4.69, 9.17) is 10.2 Å². The van der Waals surface area contributed by atoms with E-state index in [1.165, 1.54) is 0 Å². The normalized spacial score (nSPS) is 18.2. The molecule has 0 saturated heterocycles. The molecule has 0 aromatic carbocycles. The van der Waals surface area contributed by atoms with E-state index in [-0.39, 0.29) is 6.54 Å². The number of aliphatic hydroxyl groups is 5. The number of nitrogens with one attached hydrogen (secondary N) is 1. The third kappa shape index (κ3) is 5.66. The van der Waals surface area contributed by atoms with Gasteiger partial charge in [0.25, 0.3) is 5.91 Å². The Labute approximate surface area is 104 Å². The topological polar surface area (TPSA) is 130 Å². The van der Waals surface area contributed by atoms with Crippen molar-refractivity contribution in [3.63, 3.8) is 0 Å². The van der Waals surface area contributed by atoms with Crippen LogP contribution >= 0.6 is 12.6 Å². The Kier molecular flexibility index (Phi) is 8.48. The number of hydrogen-bond acceptors (Lipinski definition) is 7. The zero-order valence-electron chi connectivity index (χ0n) is 9.23. The highest BCUT2D eigenvalue weighted by Crippen LogP contribution is 2.05. The van der Waals surface area contributed by atoms with Crippen molar-refractivity contribution in [2.45, 2.75) is 30.8 Å². The summed E-state index contributed by atoms with van der Waals surface area (Å²) in [6.45, 7) is -0.503. The van der Waals surface area contributed by atoms with Gasteiger partial charge in [-0.1, -0.05) is 0 Å². The summed E-state index contributed by atoms with van der Waals surface area (Å²) in [5.41, 5.74) is 0. The highest BCUT2D eigenvalue weighted by atomic mass is 32.1. The van der Waals surface area contributed by atoms with Crippen LogP contribution < -0.4 is 5.32 Å². The van der Waals surface area contributed by atoms with Crippen LogP contribution in [0.5, 0.6) is 0 Å². The minimum absolute atomic E-state index is 0.283. The van der Waals surface area contributed by atoms with Crippen molar-refractivity contribution in [1.82, 2.24) is 5.32 Å². The average Bonchev–Trinajstić information content (AvgIpc) is 2.35. The smallest absolute Gasteiger partial charge is 0.251 e. The van der Waals surface area contributed by atoms with Gasteiger partial charge in [-0.25, -0.2) is 0 Å². The number of amides is 1. The molecule has 0 fully saturated rings. The molecule has 0 heterocycles. The molecule has 0 aromatic heterocycles. The van der Waals surface area contributed by atoms with E-state index in [0.29, 0.717) is 12.2 Å². The van der Waals surface area contributed by atoms with Gasteiger partial charge < -0.3 is 30.8 Å². The third-order valence-electron chi connectivity index (χ3n) is 2.16. The van der Waals surface area contributed by atoms with Crippen LogP contribution in [0.4, 0.5) is 0 Å². The van der Waals surface area contributed by atoms with Crippen molar-refractivity contribution >= 4 is 18.5 Å². The summed E-state index contributed by atoms with van der Waals surface area (Å²) in [7, 11) is 0. The standard InChI is InChI=1S/C9H19NO6S/c11-4-5(12)6(13)7(14)8(15)9(16)10-2-1-3-17/h5-8,11-15,17H,1-4H2,(H,10,16). The van der Waals surface area contributed by atoms with Crippen LogP contribution in [0.15, 0.2) is 0 Å². The first-order chi connectivity index (χ1) is 7.95. The van der Waals surface area contributed by atoms with Gasteiger partial charge in [0, 0.05) is 6.54 Å². The molecule has 0 aliphatic heterocycles. The molecular weight excluding hydrogens is 250 g/mol. The van der Waals surface area contributed by atoms with Gasteiger partial charge in [-0.15, -0.1) is 0 Å². The van der Waals surface area contributed by atoms with Crippen LogP contribution in [0, 0.1) is 0 Å². The number of hydrogen-bond donors (Lipinski definition) is 7. The summed E-state index contributed by atoms with van der Waals surface area (Å²) in [6, 6.07) is 0. The number of thiol groups is 1. The van der Waals surface area contributed by atoms with Crippen LogP contribution in [0.1, 0.15) is 6.42 Å². The highest BCUT2D eigenvalue weighted by Gasteiger charge is 2.33. The van der Waals surface area contributed by atoms with E-state index >= 15 is 0 Å². The molecule has 6 N–H and O–H groups in total. The monoisotopic (exact) mass is 269 g/mol. The summed E-state index contributed by atoms with van der Waals surface area (Å²) in [5, 5.41) is 47.9. The minimum Gasteiger partial charge on any atom is -0.394 e. The molecular formula is C9H19NO6S. The van der Waals surface area contributed by atoms with Gasteiger partial charge in [-0.05, 0) is 12.2 Å². The van der Waals surface area contributed by atoms with Crippen LogP contribution in [0.3, 0.4) is 0 Å². The van der Waals surface area contributed by atoms with E-state index in [1.54, 1.807) is 0 Å². The Morgan fingerprint density at radius 3 is 2.24 bits per heavy atom. The van der Waals surface area contributed by atoms with Gasteiger partial charge >= 0.3 is 0 Å². The Morgan fingerprint density at radius 1 is 1.18 bits per heavy atom. The van der Waals surface area contributed by atoms with Crippen molar-refractivity contribution < 1.29 is 30.3 Å². The lowest BCUT2D eigenvalue weighted by Crippen LogP contribution is -2.51. The summed E-state index contributed by atoms with van der Waals surface area (Å²) in [4.78, 5) is 11.3. The molecule has 8 heteroatoms. The van der Waals surface area contributed by atoms with Gasteiger partial charge in [0.1, 0.15) is 18.3 Å². The zero-order valence-corrected chi connectivity index (χ0v) is 10.1. The van der Waals surface area contributed by atoms with Crippen LogP contribution in [0.2, 0.25) is 0 Å². The average molecular weight is 269 g/mol. The second-order valence-electron chi connectivity index (χ2n) is 3.54. The second-order valence-corrected chi connectivity index (χ2v) is 3.99. The van der Waals surface area contributed by atoms with Gasteiger partial charge in [0.2, 0.25) is 0 Å². The molecule has 4 unspecified atom stereocenters. The van der Waals surface area contributed by atoms with Crippen molar-refractivity contribution in [2.24, 2.45) is 0 Å². The Bertz CT molecular complexity index is 230. The zero-order chi connectivity index (χ0) is 13.4. The molecule has 4 atom stereocenters. The molecule has 0 aromatic rings. The Hall–Kier alpha value is -0.380. The first kappa shape index (κ1) is 16.6. The molecule has 0 rings (SSSR count). The number of rotatable bonds is 8. The molecule has 0 aliphatic carbocycles. The highest BCUT2D eigenvalue weighted by molar-refractivity contribution is 7.80. The van der Waals surface area contributed by atoms with Crippen molar-refractivity contribution in [2.75, 3.05) is 18.9 Å².